The molecular weight excluding hydrogens is 326 g/mol. The van der Waals surface area contributed by atoms with Gasteiger partial charge in [-0.25, -0.2) is 0 Å². The molecule has 2 aromatic carbocycles. The Morgan fingerprint density at radius 3 is 2.35 bits per heavy atom. The molecule has 0 bridgehead atoms. The summed E-state index contributed by atoms with van der Waals surface area (Å²) in [7, 11) is 0. The first-order valence-electron chi connectivity index (χ1n) is 9.33. The largest absolute Gasteiger partial charge is 0.466 e. The van der Waals surface area contributed by atoms with E-state index in [2.05, 4.69) is 41.7 Å². The molecule has 1 N–H and O–H groups in total. The van der Waals surface area contributed by atoms with Crippen molar-refractivity contribution in [1.82, 2.24) is 5.32 Å². The van der Waals surface area contributed by atoms with E-state index in [1.54, 1.807) is 0 Å². The number of benzene rings is 2. The number of hydrogen-bond acceptors (Lipinski definition) is 4. The van der Waals surface area contributed by atoms with Crippen LogP contribution in [-0.4, -0.2) is 32.3 Å². The standard InChI is InChI=1S/C22H27NO3/c1-2-26-21(24)22(12-14-25-15-13-22)17-23-16-18-8-10-20(11-9-18)19-6-4-3-5-7-19/h3-11,23H,2,12-17H2,1H3. The molecule has 26 heavy (non-hydrogen) atoms. The number of esters is 1. The Kier molecular flexibility index (Phi) is 6.42. The Balaban J connectivity index is 1.58. The molecule has 0 atom stereocenters. The molecule has 1 aliphatic rings. The number of hydrogen-bond donors (Lipinski definition) is 1. The number of carbonyl (C=O) groups excluding carboxylic acids is 1. The first-order valence-corrected chi connectivity index (χ1v) is 9.33. The second kappa shape index (κ2) is 8.97. The Hall–Kier alpha value is -2.17. The summed E-state index contributed by atoms with van der Waals surface area (Å²) >= 11 is 0. The van der Waals surface area contributed by atoms with Crippen molar-refractivity contribution in [2.45, 2.75) is 26.3 Å². The van der Waals surface area contributed by atoms with Crippen molar-refractivity contribution in [2.24, 2.45) is 5.41 Å². The fourth-order valence-electron chi connectivity index (χ4n) is 3.39. The van der Waals surface area contributed by atoms with E-state index in [9.17, 15) is 4.79 Å². The van der Waals surface area contributed by atoms with E-state index in [-0.39, 0.29) is 5.97 Å². The first-order chi connectivity index (χ1) is 12.7. The van der Waals surface area contributed by atoms with Crippen LogP contribution >= 0.6 is 0 Å². The quantitative estimate of drug-likeness (QED) is 0.769. The second-order valence-corrected chi connectivity index (χ2v) is 6.78. The molecule has 0 saturated carbocycles. The molecule has 0 amide bonds. The summed E-state index contributed by atoms with van der Waals surface area (Å²) in [4.78, 5) is 12.4. The minimum absolute atomic E-state index is 0.102. The van der Waals surface area contributed by atoms with Gasteiger partial charge in [-0.2, -0.15) is 0 Å². The molecule has 0 aromatic heterocycles. The van der Waals surface area contributed by atoms with Gasteiger partial charge in [0.15, 0.2) is 0 Å². The van der Waals surface area contributed by atoms with Crippen LogP contribution in [0.15, 0.2) is 54.6 Å². The fourth-order valence-corrected chi connectivity index (χ4v) is 3.39. The van der Waals surface area contributed by atoms with Crippen LogP contribution in [0.2, 0.25) is 0 Å². The molecule has 0 unspecified atom stereocenters. The predicted octanol–water partition coefficient (Wildman–Crippen LogP) is 3.80. The number of carbonyl (C=O) groups is 1. The van der Waals surface area contributed by atoms with Crippen molar-refractivity contribution < 1.29 is 14.3 Å². The molecule has 4 heteroatoms. The summed E-state index contributed by atoms with van der Waals surface area (Å²) in [5.74, 6) is -0.102. The molecule has 2 aromatic rings. The van der Waals surface area contributed by atoms with Gasteiger partial charge in [0.25, 0.3) is 0 Å². The van der Waals surface area contributed by atoms with Crippen molar-refractivity contribution in [3.63, 3.8) is 0 Å². The Bertz CT molecular complexity index is 691. The normalized spacial score (nSPS) is 16.2. The number of rotatable bonds is 7. The van der Waals surface area contributed by atoms with Crippen LogP contribution in [-0.2, 0) is 20.8 Å². The Morgan fingerprint density at radius 2 is 1.69 bits per heavy atom. The third kappa shape index (κ3) is 4.51. The zero-order chi connectivity index (χ0) is 18.2. The van der Waals surface area contributed by atoms with Gasteiger partial charge < -0.3 is 14.8 Å². The Labute approximate surface area is 155 Å². The molecule has 1 heterocycles. The summed E-state index contributed by atoms with van der Waals surface area (Å²) in [6.45, 7) is 4.86. The van der Waals surface area contributed by atoms with Gasteiger partial charge in [0.2, 0.25) is 0 Å². The van der Waals surface area contributed by atoms with Crippen LogP contribution in [0.3, 0.4) is 0 Å². The van der Waals surface area contributed by atoms with Crippen molar-refractivity contribution in [2.75, 3.05) is 26.4 Å². The molecule has 1 fully saturated rings. The van der Waals surface area contributed by atoms with E-state index in [4.69, 9.17) is 9.47 Å². The van der Waals surface area contributed by atoms with Crippen molar-refractivity contribution >= 4 is 5.97 Å². The van der Waals surface area contributed by atoms with Crippen LogP contribution in [0, 0.1) is 5.41 Å². The number of ether oxygens (including phenoxy) is 2. The average molecular weight is 353 g/mol. The third-order valence-corrected chi connectivity index (χ3v) is 5.01. The highest BCUT2D eigenvalue weighted by atomic mass is 16.5. The molecule has 1 saturated heterocycles. The SMILES string of the molecule is CCOC(=O)C1(CNCc2ccc(-c3ccccc3)cc2)CCOCC1. The van der Waals surface area contributed by atoms with Gasteiger partial charge in [0.1, 0.15) is 0 Å². The van der Waals surface area contributed by atoms with Crippen LogP contribution in [0.5, 0.6) is 0 Å². The van der Waals surface area contributed by atoms with Gasteiger partial charge >= 0.3 is 5.97 Å². The molecule has 0 radical (unpaired) electrons. The van der Waals surface area contributed by atoms with Gasteiger partial charge in [0.05, 0.1) is 12.0 Å². The molecule has 138 valence electrons. The summed E-state index contributed by atoms with van der Waals surface area (Å²) in [6, 6.07) is 18.9. The molecule has 0 aliphatic carbocycles. The highest BCUT2D eigenvalue weighted by Crippen LogP contribution is 2.31. The van der Waals surface area contributed by atoms with E-state index < -0.39 is 5.41 Å². The van der Waals surface area contributed by atoms with Crippen molar-refractivity contribution in [1.29, 1.82) is 0 Å². The molecule has 0 spiro atoms. The Morgan fingerprint density at radius 1 is 1.04 bits per heavy atom. The van der Waals surface area contributed by atoms with E-state index in [1.807, 2.05) is 25.1 Å². The van der Waals surface area contributed by atoms with E-state index in [0.717, 1.165) is 6.54 Å². The third-order valence-electron chi connectivity index (χ3n) is 5.01. The first kappa shape index (κ1) is 18.6. The highest BCUT2D eigenvalue weighted by molar-refractivity contribution is 5.77. The van der Waals surface area contributed by atoms with Crippen molar-refractivity contribution in [3.05, 3.63) is 60.2 Å². The van der Waals surface area contributed by atoms with Gasteiger partial charge in [-0.15, -0.1) is 0 Å². The van der Waals surface area contributed by atoms with E-state index in [0.29, 0.717) is 39.2 Å². The lowest BCUT2D eigenvalue weighted by Crippen LogP contribution is -2.46. The lowest BCUT2D eigenvalue weighted by atomic mass is 9.80. The molecule has 3 rings (SSSR count). The lowest BCUT2D eigenvalue weighted by Gasteiger charge is -2.34. The predicted molar refractivity (Wildman–Crippen MR) is 103 cm³/mol. The second-order valence-electron chi connectivity index (χ2n) is 6.78. The van der Waals surface area contributed by atoms with Crippen LogP contribution in [0.1, 0.15) is 25.3 Å². The summed E-state index contributed by atoms with van der Waals surface area (Å²) in [5.41, 5.74) is 3.17. The van der Waals surface area contributed by atoms with Gasteiger partial charge in [-0.05, 0) is 36.5 Å². The van der Waals surface area contributed by atoms with Crippen LogP contribution < -0.4 is 5.32 Å². The van der Waals surface area contributed by atoms with E-state index >= 15 is 0 Å². The van der Waals surface area contributed by atoms with Gasteiger partial charge in [-0.1, -0.05) is 54.6 Å². The lowest BCUT2D eigenvalue weighted by molar-refractivity contribution is -0.161. The molecule has 4 nitrogen and oxygen atoms in total. The highest BCUT2D eigenvalue weighted by Gasteiger charge is 2.41. The maximum absolute atomic E-state index is 12.4. The maximum Gasteiger partial charge on any atom is 0.313 e. The average Bonchev–Trinajstić information content (AvgIpc) is 2.70. The zero-order valence-corrected chi connectivity index (χ0v) is 15.4. The monoisotopic (exact) mass is 353 g/mol. The minimum Gasteiger partial charge on any atom is -0.466 e. The summed E-state index contributed by atoms with van der Waals surface area (Å²) in [6.07, 6.45) is 1.43. The van der Waals surface area contributed by atoms with Gasteiger partial charge in [0, 0.05) is 26.3 Å². The number of nitrogens with one attached hydrogen (secondary N) is 1. The fraction of sp³-hybridized carbons (Fsp3) is 0.409. The molecule has 1 aliphatic heterocycles. The smallest absolute Gasteiger partial charge is 0.313 e. The summed E-state index contributed by atoms with van der Waals surface area (Å²) in [5, 5.41) is 3.45. The molecular formula is C22H27NO3. The van der Waals surface area contributed by atoms with Crippen LogP contribution in [0.4, 0.5) is 0 Å². The van der Waals surface area contributed by atoms with Crippen molar-refractivity contribution in [3.8, 4) is 11.1 Å². The topological polar surface area (TPSA) is 47.6 Å². The maximum atomic E-state index is 12.4. The zero-order valence-electron chi connectivity index (χ0n) is 15.4. The van der Waals surface area contributed by atoms with E-state index in [1.165, 1.54) is 16.7 Å². The minimum atomic E-state index is -0.460. The van der Waals surface area contributed by atoms with Gasteiger partial charge in [-0.3, -0.25) is 4.79 Å². The summed E-state index contributed by atoms with van der Waals surface area (Å²) < 4.78 is 10.8. The van der Waals surface area contributed by atoms with Crippen LogP contribution in [0.25, 0.3) is 11.1 Å².